The van der Waals surface area contributed by atoms with Gasteiger partial charge in [-0.2, -0.15) is 13.2 Å². The molecule has 0 N–H and O–H groups in total. The van der Waals surface area contributed by atoms with E-state index in [2.05, 4.69) is 17.0 Å². The molecule has 2 aliphatic rings. The van der Waals surface area contributed by atoms with Crippen molar-refractivity contribution in [2.45, 2.75) is 19.0 Å². The van der Waals surface area contributed by atoms with Crippen molar-refractivity contribution in [1.29, 1.82) is 0 Å². The van der Waals surface area contributed by atoms with E-state index in [4.69, 9.17) is 0 Å². The minimum Gasteiger partial charge on any atom is -0.371 e. The van der Waals surface area contributed by atoms with E-state index in [1.165, 1.54) is 17.8 Å². The van der Waals surface area contributed by atoms with Gasteiger partial charge < -0.3 is 14.7 Å². The summed E-state index contributed by atoms with van der Waals surface area (Å²) in [6.45, 7) is 3.93. The molecule has 2 aromatic rings. The van der Waals surface area contributed by atoms with Crippen molar-refractivity contribution in [2.24, 2.45) is 5.92 Å². The summed E-state index contributed by atoms with van der Waals surface area (Å²) in [6, 6.07) is 15.7. The number of halogens is 3. The Morgan fingerprint density at radius 3 is 2.00 bits per heavy atom. The molecule has 0 unspecified atom stereocenters. The molecule has 4 rings (SSSR count). The van der Waals surface area contributed by atoms with Crippen molar-refractivity contribution >= 4 is 17.3 Å². The molecule has 7 heteroatoms. The summed E-state index contributed by atoms with van der Waals surface area (Å²) in [5.74, 6) is 0.219. The minimum atomic E-state index is -4.34. The van der Waals surface area contributed by atoms with Crippen LogP contribution in [0.1, 0.15) is 18.4 Å². The molecule has 2 heterocycles. The van der Waals surface area contributed by atoms with Crippen molar-refractivity contribution in [1.82, 2.24) is 4.90 Å². The lowest BCUT2D eigenvalue weighted by Crippen LogP contribution is -2.51. The summed E-state index contributed by atoms with van der Waals surface area (Å²) in [4.78, 5) is 19.1. The molecule has 0 aliphatic carbocycles. The molecule has 0 saturated carbocycles. The first-order valence-electron chi connectivity index (χ1n) is 10.4. The number of piperazine rings is 1. The van der Waals surface area contributed by atoms with Gasteiger partial charge >= 0.3 is 6.18 Å². The number of rotatable bonds is 3. The largest absolute Gasteiger partial charge is 0.416 e. The van der Waals surface area contributed by atoms with E-state index in [0.717, 1.165) is 32.0 Å². The normalized spacial score (nSPS) is 18.6. The highest BCUT2D eigenvalue weighted by molar-refractivity contribution is 5.79. The zero-order chi connectivity index (χ0) is 21.1. The quantitative estimate of drug-likeness (QED) is 0.746. The molecule has 1 amide bonds. The van der Waals surface area contributed by atoms with E-state index >= 15 is 0 Å². The Morgan fingerprint density at radius 1 is 0.767 bits per heavy atom. The van der Waals surface area contributed by atoms with Gasteiger partial charge in [0.15, 0.2) is 0 Å². The van der Waals surface area contributed by atoms with Crippen molar-refractivity contribution in [2.75, 3.05) is 49.1 Å². The van der Waals surface area contributed by atoms with Gasteiger partial charge in [-0.1, -0.05) is 24.3 Å². The third kappa shape index (κ3) is 4.55. The second-order valence-corrected chi connectivity index (χ2v) is 7.96. The number of benzene rings is 2. The van der Waals surface area contributed by atoms with Gasteiger partial charge in [-0.3, -0.25) is 4.79 Å². The van der Waals surface area contributed by atoms with Crippen LogP contribution in [0.15, 0.2) is 54.6 Å². The first-order chi connectivity index (χ1) is 14.4. The molecule has 0 spiro atoms. The van der Waals surface area contributed by atoms with Gasteiger partial charge in [-0.05, 0) is 43.2 Å². The maximum absolute atomic E-state index is 13.0. The van der Waals surface area contributed by atoms with Crippen molar-refractivity contribution in [3.63, 3.8) is 0 Å². The Kier molecular flexibility index (Phi) is 5.88. The molecule has 4 nitrogen and oxygen atoms in total. The molecule has 2 aliphatic heterocycles. The van der Waals surface area contributed by atoms with Crippen molar-refractivity contribution in [3.8, 4) is 0 Å². The first-order valence-corrected chi connectivity index (χ1v) is 10.4. The summed E-state index contributed by atoms with van der Waals surface area (Å²) in [6.07, 6.45) is -2.68. The lowest BCUT2D eigenvalue weighted by molar-refractivity contribution is -0.137. The lowest BCUT2D eigenvalue weighted by atomic mass is 9.94. The summed E-state index contributed by atoms with van der Waals surface area (Å²) < 4.78 is 38.9. The molecule has 2 fully saturated rings. The van der Waals surface area contributed by atoms with Crippen molar-refractivity contribution < 1.29 is 18.0 Å². The second-order valence-electron chi connectivity index (χ2n) is 7.96. The standard InChI is InChI=1S/C23H26F3N3O/c24-23(25,26)19-5-4-8-21(17-19)28-13-15-29(16-14-28)22(30)18-9-11-27(12-10-18)20-6-2-1-3-7-20/h1-8,17-18H,9-16H2. The fourth-order valence-corrected chi connectivity index (χ4v) is 4.35. The van der Waals surface area contributed by atoms with Gasteiger partial charge in [0.1, 0.15) is 0 Å². The first kappa shape index (κ1) is 20.6. The van der Waals surface area contributed by atoms with Gasteiger partial charge in [0.2, 0.25) is 5.91 Å². The van der Waals surface area contributed by atoms with Crippen LogP contribution in [0.3, 0.4) is 0 Å². The summed E-state index contributed by atoms with van der Waals surface area (Å²) in [5, 5.41) is 0. The highest BCUT2D eigenvalue weighted by Crippen LogP contribution is 2.32. The Bertz CT molecular complexity index is 855. The van der Waals surface area contributed by atoms with Crippen LogP contribution in [0.25, 0.3) is 0 Å². The Balaban J connectivity index is 1.30. The Hall–Kier alpha value is -2.70. The van der Waals surface area contributed by atoms with Gasteiger partial charge in [-0.15, -0.1) is 0 Å². The SMILES string of the molecule is O=C(C1CCN(c2ccccc2)CC1)N1CCN(c2cccc(C(F)(F)F)c2)CC1. The fourth-order valence-electron chi connectivity index (χ4n) is 4.35. The highest BCUT2D eigenvalue weighted by atomic mass is 19.4. The number of hydrogen-bond acceptors (Lipinski definition) is 3. The minimum absolute atomic E-state index is 0.0325. The third-order valence-corrected chi connectivity index (χ3v) is 6.10. The number of piperidine rings is 1. The molecule has 30 heavy (non-hydrogen) atoms. The molecule has 0 aromatic heterocycles. The van der Waals surface area contributed by atoms with Crippen LogP contribution >= 0.6 is 0 Å². The number of carbonyl (C=O) groups is 1. The van der Waals surface area contributed by atoms with Gasteiger partial charge in [-0.25, -0.2) is 0 Å². The van der Waals surface area contributed by atoms with Gasteiger partial charge in [0.25, 0.3) is 0 Å². The van der Waals surface area contributed by atoms with Gasteiger partial charge in [0.05, 0.1) is 5.56 Å². The third-order valence-electron chi connectivity index (χ3n) is 6.10. The molecule has 0 bridgehead atoms. The fraction of sp³-hybridized carbons (Fsp3) is 0.435. The van der Waals surface area contributed by atoms with Crippen LogP contribution < -0.4 is 9.80 Å². The predicted molar refractivity (Wildman–Crippen MR) is 112 cm³/mol. The molecule has 0 radical (unpaired) electrons. The monoisotopic (exact) mass is 417 g/mol. The number of nitrogens with zero attached hydrogens (tertiary/aromatic N) is 3. The molecular formula is C23H26F3N3O. The van der Waals surface area contributed by atoms with Crippen molar-refractivity contribution in [3.05, 3.63) is 60.2 Å². The average molecular weight is 417 g/mol. The number of hydrogen-bond donors (Lipinski definition) is 0. The Labute approximate surface area is 174 Å². The maximum atomic E-state index is 13.0. The van der Waals surface area contributed by atoms with Crippen LogP contribution in [0.4, 0.5) is 24.5 Å². The number of carbonyl (C=O) groups excluding carboxylic acids is 1. The Morgan fingerprint density at radius 2 is 1.37 bits per heavy atom. The van der Waals surface area contributed by atoms with E-state index in [1.54, 1.807) is 6.07 Å². The predicted octanol–water partition coefficient (Wildman–Crippen LogP) is 4.27. The molecule has 160 valence electrons. The van der Waals surface area contributed by atoms with Gasteiger partial charge in [0, 0.05) is 56.6 Å². The van der Waals surface area contributed by atoms with E-state index < -0.39 is 11.7 Å². The van der Waals surface area contributed by atoms with E-state index in [1.807, 2.05) is 28.0 Å². The van der Waals surface area contributed by atoms with E-state index in [9.17, 15) is 18.0 Å². The van der Waals surface area contributed by atoms with E-state index in [-0.39, 0.29) is 11.8 Å². The summed E-state index contributed by atoms with van der Waals surface area (Å²) >= 11 is 0. The number of alkyl halides is 3. The zero-order valence-electron chi connectivity index (χ0n) is 16.8. The lowest BCUT2D eigenvalue weighted by Gasteiger charge is -2.39. The van der Waals surface area contributed by atoms with Crippen LogP contribution in [0, 0.1) is 5.92 Å². The van der Waals surface area contributed by atoms with E-state index in [0.29, 0.717) is 31.9 Å². The summed E-state index contributed by atoms with van der Waals surface area (Å²) in [5.41, 5.74) is 1.12. The van der Waals surface area contributed by atoms with Crippen LogP contribution in [-0.4, -0.2) is 50.1 Å². The topological polar surface area (TPSA) is 26.8 Å². The molecular weight excluding hydrogens is 391 g/mol. The molecule has 0 atom stereocenters. The van der Waals surface area contributed by atoms with Crippen LogP contribution in [0.2, 0.25) is 0 Å². The summed E-state index contributed by atoms with van der Waals surface area (Å²) in [7, 11) is 0. The highest BCUT2D eigenvalue weighted by Gasteiger charge is 2.32. The maximum Gasteiger partial charge on any atom is 0.416 e. The molecule has 2 aromatic carbocycles. The number of amides is 1. The second kappa shape index (κ2) is 8.58. The number of anilines is 2. The molecule has 2 saturated heterocycles. The van der Waals surface area contributed by atoms with Crippen LogP contribution in [-0.2, 0) is 11.0 Å². The zero-order valence-corrected chi connectivity index (χ0v) is 16.8. The average Bonchev–Trinajstić information content (AvgIpc) is 2.79. The number of para-hydroxylation sites is 1. The van der Waals surface area contributed by atoms with Crippen LogP contribution in [0.5, 0.6) is 0 Å². The smallest absolute Gasteiger partial charge is 0.371 e.